The minimum atomic E-state index is 0.487. The summed E-state index contributed by atoms with van der Waals surface area (Å²) in [5, 5.41) is 4.46. The van der Waals surface area contributed by atoms with E-state index in [2.05, 4.69) is 33.0 Å². The molecule has 2 aromatic heterocycles. The minimum absolute atomic E-state index is 0.487. The van der Waals surface area contributed by atoms with Crippen molar-refractivity contribution in [3.8, 4) is 10.8 Å². The van der Waals surface area contributed by atoms with Crippen molar-refractivity contribution in [1.82, 2.24) is 10.3 Å². The number of furan rings is 1. The molecule has 0 aromatic carbocycles. The lowest BCUT2D eigenvalue weighted by Gasteiger charge is -2.08. The smallest absolute Gasteiger partial charge is 0.162 e. The zero-order valence-electron chi connectivity index (χ0n) is 12.1. The van der Waals surface area contributed by atoms with Gasteiger partial charge < -0.3 is 9.73 Å². The van der Waals surface area contributed by atoms with Crippen molar-refractivity contribution < 1.29 is 4.42 Å². The maximum atomic E-state index is 5.45. The summed E-state index contributed by atoms with van der Waals surface area (Å²) in [6, 6.07) is 4.36. The molecule has 19 heavy (non-hydrogen) atoms. The van der Waals surface area contributed by atoms with Gasteiger partial charge in [-0.25, -0.2) is 4.98 Å². The first-order valence-electron chi connectivity index (χ1n) is 6.82. The van der Waals surface area contributed by atoms with Crippen LogP contribution in [0.25, 0.3) is 10.8 Å². The van der Waals surface area contributed by atoms with Gasteiger partial charge in [0, 0.05) is 17.5 Å². The van der Waals surface area contributed by atoms with Crippen molar-refractivity contribution in [3.05, 3.63) is 29.0 Å². The van der Waals surface area contributed by atoms with Crippen LogP contribution in [0, 0.1) is 5.92 Å². The summed E-state index contributed by atoms with van der Waals surface area (Å²) < 4.78 is 5.45. The van der Waals surface area contributed by atoms with Gasteiger partial charge in [-0.2, -0.15) is 0 Å². The number of thiazole rings is 1. The Morgan fingerprint density at radius 1 is 1.32 bits per heavy atom. The molecule has 0 fully saturated rings. The summed E-state index contributed by atoms with van der Waals surface area (Å²) in [4.78, 5) is 6.08. The van der Waals surface area contributed by atoms with Gasteiger partial charge in [-0.1, -0.05) is 27.7 Å². The highest BCUT2D eigenvalue weighted by Gasteiger charge is 2.15. The molecule has 0 saturated carbocycles. The summed E-state index contributed by atoms with van der Waals surface area (Å²) in [5.74, 6) is 1.48. The quantitative estimate of drug-likeness (QED) is 0.864. The van der Waals surface area contributed by atoms with Crippen LogP contribution < -0.4 is 5.32 Å². The lowest BCUT2D eigenvalue weighted by atomic mass is 10.1. The molecule has 0 unspecified atom stereocenters. The molecule has 2 aromatic rings. The molecule has 4 heteroatoms. The highest BCUT2D eigenvalue weighted by atomic mass is 32.1. The largest absolute Gasteiger partial charge is 0.462 e. The molecule has 0 spiro atoms. The van der Waals surface area contributed by atoms with Crippen LogP contribution in [0.3, 0.4) is 0 Å². The molecule has 104 valence electrons. The molecule has 0 atom stereocenters. The van der Waals surface area contributed by atoms with Crippen LogP contribution in [0.4, 0.5) is 0 Å². The fourth-order valence-corrected chi connectivity index (χ4v) is 2.88. The van der Waals surface area contributed by atoms with Gasteiger partial charge in [-0.3, -0.25) is 0 Å². The normalized spacial score (nSPS) is 11.7. The molecule has 2 heterocycles. The van der Waals surface area contributed by atoms with Crippen LogP contribution in [0.2, 0.25) is 0 Å². The molecule has 1 N–H and O–H groups in total. The van der Waals surface area contributed by atoms with Crippen LogP contribution >= 0.6 is 11.3 Å². The van der Waals surface area contributed by atoms with E-state index in [1.807, 2.05) is 12.1 Å². The maximum Gasteiger partial charge on any atom is 0.162 e. The first-order valence-corrected chi connectivity index (χ1v) is 7.63. The Bertz CT molecular complexity index is 500. The second-order valence-electron chi connectivity index (χ2n) is 5.50. The van der Waals surface area contributed by atoms with Crippen molar-refractivity contribution in [1.29, 1.82) is 0 Å². The molecule has 0 saturated heterocycles. The van der Waals surface area contributed by atoms with Crippen LogP contribution in [-0.4, -0.2) is 11.0 Å². The molecule has 0 aliphatic rings. The molecule has 0 amide bonds. The third-order valence-electron chi connectivity index (χ3n) is 2.78. The highest BCUT2D eigenvalue weighted by molar-refractivity contribution is 7.15. The van der Waals surface area contributed by atoms with Crippen molar-refractivity contribution in [3.63, 3.8) is 0 Å². The van der Waals surface area contributed by atoms with Gasteiger partial charge in [0.2, 0.25) is 0 Å². The van der Waals surface area contributed by atoms with Gasteiger partial charge in [-0.15, -0.1) is 11.3 Å². The van der Waals surface area contributed by atoms with Gasteiger partial charge >= 0.3 is 0 Å². The average Bonchev–Trinajstić information content (AvgIpc) is 2.94. The number of nitrogens with zero attached hydrogens (tertiary/aromatic N) is 1. The predicted octanol–water partition coefficient (Wildman–Crippen LogP) is 4.10. The van der Waals surface area contributed by atoms with Crippen molar-refractivity contribution >= 4 is 11.3 Å². The Morgan fingerprint density at radius 2 is 2.11 bits per heavy atom. The van der Waals surface area contributed by atoms with Gasteiger partial charge in [0.15, 0.2) is 10.8 Å². The molecular formula is C15H22N2OS. The minimum Gasteiger partial charge on any atom is -0.462 e. The van der Waals surface area contributed by atoms with E-state index >= 15 is 0 Å². The lowest BCUT2D eigenvalue weighted by molar-refractivity contribution is 0.577. The molecule has 3 nitrogen and oxygen atoms in total. The molecule has 0 radical (unpaired) electrons. The van der Waals surface area contributed by atoms with E-state index in [1.165, 1.54) is 10.6 Å². The first kappa shape index (κ1) is 14.3. The van der Waals surface area contributed by atoms with Crippen molar-refractivity contribution in [2.75, 3.05) is 0 Å². The zero-order valence-corrected chi connectivity index (χ0v) is 12.9. The number of hydrogen-bond acceptors (Lipinski definition) is 4. The zero-order chi connectivity index (χ0) is 13.8. The van der Waals surface area contributed by atoms with E-state index in [-0.39, 0.29) is 0 Å². The summed E-state index contributed by atoms with van der Waals surface area (Å²) in [5.41, 5.74) is 1.21. The molecule has 0 bridgehead atoms. The van der Waals surface area contributed by atoms with Crippen LogP contribution in [0.5, 0.6) is 0 Å². The first-order chi connectivity index (χ1) is 9.06. The van der Waals surface area contributed by atoms with E-state index in [0.717, 1.165) is 23.7 Å². The Labute approximate surface area is 119 Å². The van der Waals surface area contributed by atoms with Gasteiger partial charge in [-0.05, 0) is 24.5 Å². The van der Waals surface area contributed by atoms with E-state index in [0.29, 0.717) is 12.0 Å². The Balaban J connectivity index is 2.23. The van der Waals surface area contributed by atoms with Gasteiger partial charge in [0.25, 0.3) is 0 Å². The van der Waals surface area contributed by atoms with Crippen LogP contribution in [0.1, 0.15) is 38.3 Å². The van der Waals surface area contributed by atoms with Gasteiger partial charge in [0.1, 0.15) is 0 Å². The summed E-state index contributed by atoms with van der Waals surface area (Å²) in [7, 11) is 0. The topological polar surface area (TPSA) is 38.1 Å². The lowest BCUT2D eigenvalue weighted by Crippen LogP contribution is -2.22. The van der Waals surface area contributed by atoms with Crippen molar-refractivity contribution in [2.24, 2.45) is 5.92 Å². The monoisotopic (exact) mass is 278 g/mol. The van der Waals surface area contributed by atoms with E-state index in [1.54, 1.807) is 17.6 Å². The fourth-order valence-electron chi connectivity index (χ4n) is 1.87. The number of nitrogens with one attached hydrogen (secondary N) is 1. The second-order valence-corrected chi connectivity index (χ2v) is 6.58. The van der Waals surface area contributed by atoms with E-state index in [9.17, 15) is 0 Å². The number of hydrogen-bond donors (Lipinski definition) is 1. The maximum absolute atomic E-state index is 5.45. The van der Waals surface area contributed by atoms with Crippen LogP contribution in [0.15, 0.2) is 22.8 Å². The predicted molar refractivity (Wildman–Crippen MR) is 80.3 cm³/mol. The molecular weight excluding hydrogens is 256 g/mol. The van der Waals surface area contributed by atoms with E-state index in [4.69, 9.17) is 9.40 Å². The second kappa shape index (κ2) is 6.35. The molecule has 0 aliphatic heterocycles. The SMILES string of the molecule is CC(C)Cc1nc(-c2ccco2)sc1CNC(C)C. The Morgan fingerprint density at radius 3 is 2.68 bits per heavy atom. The Kier molecular flexibility index (Phi) is 4.77. The third-order valence-corrected chi connectivity index (χ3v) is 3.89. The van der Waals surface area contributed by atoms with Crippen molar-refractivity contribution in [2.45, 2.75) is 46.7 Å². The summed E-state index contributed by atoms with van der Waals surface area (Å²) in [6.07, 6.45) is 2.72. The molecule has 0 aliphatic carbocycles. The fraction of sp³-hybridized carbons (Fsp3) is 0.533. The molecule has 2 rings (SSSR count). The number of rotatable bonds is 6. The van der Waals surface area contributed by atoms with Gasteiger partial charge in [0.05, 0.1) is 12.0 Å². The summed E-state index contributed by atoms with van der Waals surface area (Å²) in [6.45, 7) is 9.67. The standard InChI is InChI=1S/C15H22N2OS/c1-10(2)8-12-14(9-16-11(3)4)19-15(17-12)13-6-5-7-18-13/h5-7,10-11,16H,8-9H2,1-4H3. The summed E-state index contributed by atoms with van der Waals surface area (Å²) >= 11 is 1.73. The highest BCUT2D eigenvalue weighted by Crippen LogP contribution is 2.29. The Hall–Kier alpha value is -1.13. The van der Waals surface area contributed by atoms with E-state index < -0.39 is 0 Å². The third kappa shape index (κ3) is 3.91. The van der Waals surface area contributed by atoms with Crippen LogP contribution in [-0.2, 0) is 13.0 Å². The average molecular weight is 278 g/mol. The number of aromatic nitrogens is 1.